The second-order valence-corrected chi connectivity index (χ2v) is 9.34. The van der Waals surface area contributed by atoms with Crippen LogP contribution in [0.1, 0.15) is 0 Å². The number of hydrogen-bond acceptors (Lipinski definition) is 4. The third-order valence-corrected chi connectivity index (χ3v) is 7.03. The minimum atomic E-state index is -3.57. The van der Waals surface area contributed by atoms with Gasteiger partial charge in [-0.05, 0) is 22.9 Å². The summed E-state index contributed by atoms with van der Waals surface area (Å²) in [4.78, 5) is 26.3. The average molecular weight is 420 g/mol. The molecule has 0 aliphatic carbocycles. The summed E-state index contributed by atoms with van der Waals surface area (Å²) in [6, 6.07) is 12.8. The fourth-order valence-electron chi connectivity index (χ4n) is 3.32. The third kappa shape index (κ3) is 5.11. The quantitative estimate of drug-likeness (QED) is 0.624. The van der Waals surface area contributed by atoms with E-state index in [1.165, 1.54) is 9.21 Å². The highest BCUT2D eigenvalue weighted by atomic mass is 32.2. The standard InChI is InChI=1S/C20H26N4O4S/c1-22(2)20(26)14-21-19(25)15-23-9-11-24(12-10-23)29(27,28)18-8-7-16-5-3-4-6-17(16)13-18/h3-8,13H,9-12,14-15H2,1-2H3,(H,21,25)/p+1. The number of rotatable bonds is 6. The van der Waals surface area contributed by atoms with Crippen LogP contribution in [0.4, 0.5) is 0 Å². The number of quaternary nitrogens is 1. The largest absolute Gasteiger partial charge is 0.347 e. The summed E-state index contributed by atoms with van der Waals surface area (Å²) in [7, 11) is -0.299. The Morgan fingerprint density at radius 2 is 1.72 bits per heavy atom. The molecule has 156 valence electrons. The van der Waals surface area contributed by atoms with Gasteiger partial charge in [0.1, 0.15) is 0 Å². The van der Waals surface area contributed by atoms with Crippen LogP contribution >= 0.6 is 0 Å². The Morgan fingerprint density at radius 1 is 1.07 bits per heavy atom. The zero-order valence-corrected chi connectivity index (χ0v) is 17.5. The van der Waals surface area contributed by atoms with E-state index in [4.69, 9.17) is 0 Å². The second kappa shape index (κ2) is 8.89. The average Bonchev–Trinajstić information content (AvgIpc) is 2.72. The van der Waals surface area contributed by atoms with Gasteiger partial charge in [0.25, 0.3) is 5.91 Å². The normalized spacial score (nSPS) is 15.9. The number of nitrogens with zero attached hydrogens (tertiary/aromatic N) is 2. The minimum absolute atomic E-state index is 0.0262. The Bertz CT molecular complexity index is 998. The van der Waals surface area contributed by atoms with Gasteiger partial charge < -0.3 is 15.1 Å². The number of nitrogens with one attached hydrogen (secondary N) is 2. The third-order valence-electron chi connectivity index (χ3n) is 5.13. The van der Waals surface area contributed by atoms with Crippen molar-refractivity contribution in [2.24, 2.45) is 0 Å². The molecule has 1 fully saturated rings. The van der Waals surface area contributed by atoms with Gasteiger partial charge in [-0.2, -0.15) is 4.31 Å². The van der Waals surface area contributed by atoms with Crippen LogP contribution in [0.3, 0.4) is 0 Å². The lowest BCUT2D eigenvalue weighted by atomic mass is 10.1. The topological polar surface area (TPSA) is 91.2 Å². The molecule has 29 heavy (non-hydrogen) atoms. The Kier molecular flexibility index (Phi) is 6.51. The summed E-state index contributed by atoms with van der Waals surface area (Å²) in [5.41, 5.74) is 0. The number of piperazine rings is 1. The molecule has 0 saturated carbocycles. The van der Waals surface area contributed by atoms with Gasteiger partial charge >= 0.3 is 0 Å². The van der Waals surface area contributed by atoms with Crippen LogP contribution in [-0.4, -0.2) is 82.8 Å². The summed E-state index contributed by atoms with van der Waals surface area (Å²) >= 11 is 0. The van der Waals surface area contributed by atoms with E-state index in [0.717, 1.165) is 15.7 Å². The van der Waals surface area contributed by atoms with E-state index in [1.807, 2.05) is 30.3 Å². The van der Waals surface area contributed by atoms with Crippen molar-refractivity contribution in [1.29, 1.82) is 0 Å². The van der Waals surface area contributed by atoms with Crippen LogP contribution in [-0.2, 0) is 19.6 Å². The van der Waals surface area contributed by atoms with Crippen molar-refractivity contribution in [3.63, 3.8) is 0 Å². The zero-order valence-electron chi connectivity index (χ0n) is 16.7. The summed E-state index contributed by atoms with van der Waals surface area (Å²) in [6.45, 7) is 2.00. The molecule has 2 N–H and O–H groups in total. The van der Waals surface area contributed by atoms with Gasteiger partial charge in [0.2, 0.25) is 15.9 Å². The van der Waals surface area contributed by atoms with E-state index in [9.17, 15) is 18.0 Å². The first-order valence-corrected chi connectivity index (χ1v) is 11.0. The van der Waals surface area contributed by atoms with Gasteiger partial charge in [-0.25, -0.2) is 8.42 Å². The first kappa shape index (κ1) is 21.2. The van der Waals surface area contributed by atoms with Crippen molar-refractivity contribution >= 4 is 32.6 Å². The molecule has 2 amide bonds. The highest BCUT2D eigenvalue weighted by Crippen LogP contribution is 2.21. The molecule has 1 aliphatic rings. The number of benzene rings is 2. The van der Waals surface area contributed by atoms with E-state index >= 15 is 0 Å². The predicted molar refractivity (Wildman–Crippen MR) is 110 cm³/mol. The highest BCUT2D eigenvalue weighted by Gasteiger charge is 2.31. The van der Waals surface area contributed by atoms with Crippen LogP contribution in [0.2, 0.25) is 0 Å². The van der Waals surface area contributed by atoms with Crippen molar-refractivity contribution < 1.29 is 22.9 Å². The fraction of sp³-hybridized carbons (Fsp3) is 0.400. The molecule has 1 heterocycles. The van der Waals surface area contributed by atoms with E-state index in [-0.39, 0.29) is 24.9 Å². The summed E-state index contributed by atoms with van der Waals surface area (Å²) in [5.74, 6) is -0.374. The number of fused-ring (bicyclic) bond motifs is 1. The van der Waals surface area contributed by atoms with Crippen molar-refractivity contribution in [3.05, 3.63) is 42.5 Å². The first-order chi connectivity index (χ1) is 13.8. The van der Waals surface area contributed by atoms with Gasteiger partial charge in [-0.3, -0.25) is 9.59 Å². The second-order valence-electron chi connectivity index (χ2n) is 7.40. The predicted octanol–water partition coefficient (Wildman–Crippen LogP) is -1.07. The maximum Gasteiger partial charge on any atom is 0.275 e. The maximum atomic E-state index is 13.0. The minimum Gasteiger partial charge on any atom is -0.347 e. The number of carbonyl (C=O) groups is 2. The molecule has 1 saturated heterocycles. The fourth-order valence-corrected chi connectivity index (χ4v) is 4.80. The van der Waals surface area contributed by atoms with Gasteiger partial charge in [0.15, 0.2) is 6.54 Å². The number of sulfonamides is 1. The van der Waals surface area contributed by atoms with Crippen LogP contribution in [0.15, 0.2) is 47.4 Å². The van der Waals surface area contributed by atoms with E-state index in [1.54, 1.807) is 26.2 Å². The summed E-state index contributed by atoms with van der Waals surface area (Å²) < 4.78 is 27.5. The summed E-state index contributed by atoms with van der Waals surface area (Å²) in [6.07, 6.45) is 0. The van der Waals surface area contributed by atoms with E-state index in [2.05, 4.69) is 5.32 Å². The Labute approximate surface area is 171 Å². The van der Waals surface area contributed by atoms with Crippen LogP contribution in [0.5, 0.6) is 0 Å². The van der Waals surface area contributed by atoms with Gasteiger partial charge in [0, 0.05) is 14.1 Å². The van der Waals surface area contributed by atoms with Crippen molar-refractivity contribution in [3.8, 4) is 0 Å². The number of amides is 2. The lowest BCUT2D eigenvalue weighted by molar-refractivity contribution is -0.895. The summed E-state index contributed by atoms with van der Waals surface area (Å²) in [5, 5.41) is 4.50. The van der Waals surface area contributed by atoms with Gasteiger partial charge in [-0.15, -0.1) is 0 Å². The first-order valence-electron chi connectivity index (χ1n) is 9.57. The monoisotopic (exact) mass is 419 g/mol. The van der Waals surface area contributed by atoms with E-state index in [0.29, 0.717) is 31.1 Å². The molecule has 8 nitrogen and oxygen atoms in total. The number of likely N-dealkylation sites (N-methyl/N-ethyl adjacent to an activating group) is 1. The molecular weight excluding hydrogens is 392 g/mol. The van der Waals surface area contributed by atoms with Crippen molar-refractivity contribution in [1.82, 2.24) is 14.5 Å². The number of carbonyl (C=O) groups excluding carboxylic acids is 2. The maximum absolute atomic E-state index is 13.0. The molecule has 0 aromatic heterocycles. The Morgan fingerprint density at radius 3 is 2.38 bits per heavy atom. The molecule has 0 bridgehead atoms. The molecule has 2 aromatic carbocycles. The molecule has 0 unspecified atom stereocenters. The van der Waals surface area contributed by atoms with Crippen molar-refractivity contribution in [2.75, 3.05) is 53.4 Å². The Balaban J connectivity index is 1.56. The lowest BCUT2D eigenvalue weighted by Gasteiger charge is -2.31. The van der Waals surface area contributed by atoms with E-state index < -0.39 is 10.0 Å². The molecule has 0 radical (unpaired) electrons. The van der Waals surface area contributed by atoms with Crippen molar-refractivity contribution in [2.45, 2.75) is 4.90 Å². The van der Waals surface area contributed by atoms with Crippen LogP contribution in [0.25, 0.3) is 10.8 Å². The molecule has 0 atom stereocenters. The Hall–Kier alpha value is -2.49. The molecular formula is C20H27N4O4S+. The zero-order chi connectivity index (χ0) is 21.0. The molecule has 9 heteroatoms. The number of hydrogen-bond donors (Lipinski definition) is 2. The highest BCUT2D eigenvalue weighted by molar-refractivity contribution is 7.89. The lowest BCUT2D eigenvalue weighted by Crippen LogP contribution is -3.15. The molecule has 2 aromatic rings. The van der Waals surface area contributed by atoms with Gasteiger partial charge in [0.05, 0.1) is 37.6 Å². The molecule has 3 rings (SSSR count). The molecule has 1 aliphatic heterocycles. The van der Waals surface area contributed by atoms with Crippen LogP contribution < -0.4 is 10.2 Å². The smallest absolute Gasteiger partial charge is 0.275 e. The van der Waals surface area contributed by atoms with Gasteiger partial charge in [-0.1, -0.05) is 30.3 Å². The SMILES string of the molecule is CN(C)C(=O)CNC(=O)C[NH+]1CCN(S(=O)(=O)c2ccc3ccccc3c2)CC1. The van der Waals surface area contributed by atoms with Crippen LogP contribution in [0, 0.1) is 0 Å². The molecule has 0 spiro atoms.